The Morgan fingerprint density at radius 1 is 1.03 bits per heavy atom. The van der Waals surface area contributed by atoms with Gasteiger partial charge in [-0.1, -0.05) is 92.3 Å². The van der Waals surface area contributed by atoms with Crippen LogP contribution in [0, 0.1) is 12.8 Å². The van der Waals surface area contributed by atoms with Gasteiger partial charge in [0.25, 0.3) is 0 Å². The summed E-state index contributed by atoms with van der Waals surface area (Å²) in [6.07, 6.45) is 11.8. The average Bonchev–Trinajstić information content (AvgIpc) is 3.37. The van der Waals surface area contributed by atoms with Gasteiger partial charge in [-0.05, 0) is 96.1 Å². The molecule has 5 rings (SSSR count). The van der Waals surface area contributed by atoms with Crippen molar-refractivity contribution in [1.29, 1.82) is 0 Å². The van der Waals surface area contributed by atoms with E-state index in [1.54, 1.807) is 0 Å². The van der Waals surface area contributed by atoms with Gasteiger partial charge in [-0.2, -0.15) is 0 Å². The third-order valence-electron chi connectivity index (χ3n) is 7.97. The van der Waals surface area contributed by atoms with E-state index >= 15 is 0 Å². The van der Waals surface area contributed by atoms with Crippen molar-refractivity contribution < 1.29 is 0 Å². The SMILES string of the molecule is C=C(CCC)C1=C(C)C=C2CC(=Cc3ccc4c(c3)CCC4)C(=C)C2C1c1ccccc1C. The number of hydrogen-bond donors (Lipinski definition) is 0. The van der Waals surface area contributed by atoms with Gasteiger partial charge < -0.3 is 0 Å². The van der Waals surface area contributed by atoms with Crippen molar-refractivity contribution in [3.05, 3.63) is 123 Å². The van der Waals surface area contributed by atoms with Gasteiger partial charge >= 0.3 is 0 Å². The summed E-state index contributed by atoms with van der Waals surface area (Å²) in [6.45, 7) is 16.0. The highest BCUT2D eigenvalue weighted by Gasteiger charge is 2.41. The largest absolute Gasteiger partial charge is 0.0955 e. The molecule has 168 valence electrons. The molecule has 1 saturated carbocycles. The van der Waals surface area contributed by atoms with Gasteiger partial charge in [-0.3, -0.25) is 0 Å². The zero-order valence-electron chi connectivity index (χ0n) is 20.5. The Morgan fingerprint density at radius 3 is 2.61 bits per heavy atom. The van der Waals surface area contributed by atoms with E-state index in [0.717, 1.165) is 19.3 Å². The molecule has 0 amide bonds. The molecule has 0 spiro atoms. The molecule has 3 aliphatic carbocycles. The normalized spacial score (nSPS) is 23.1. The second-order valence-corrected chi connectivity index (χ2v) is 10.2. The van der Waals surface area contributed by atoms with Crippen LogP contribution in [0.1, 0.15) is 73.3 Å². The molecule has 0 nitrogen and oxygen atoms in total. The van der Waals surface area contributed by atoms with Crippen molar-refractivity contribution in [1.82, 2.24) is 0 Å². The highest BCUT2D eigenvalue weighted by molar-refractivity contribution is 5.68. The topological polar surface area (TPSA) is 0 Å². The molecule has 2 unspecified atom stereocenters. The molecular formula is C33H36. The Balaban J connectivity index is 1.58. The summed E-state index contributed by atoms with van der Waals surface area (Å²) in [5, 5.41) is 0. The van der Waals surface area contributed by atoms with Gasteiger partial charge in [0.05, 0.1) is 0 Å². The van der Waals surface area contributed by atoms with Gasteiger partial charge in [-0.15, -0.1) is 0 Å². The van der Waals surface area contributed by atoms with Crippen LogP contribution in [0.5, 0.6) is 0 Å². The zero-order valence-corrected chi connectivity index (χ0v) is 20.5. The van der Waals surface area contributed by atoms with E-state index in [9.17, 15) is 0 Å². The van der Waals surface area contributed by atoms with Crippen LogP contribution in [-0.4, -0.2) is 0 Å². The molecule has 1 fully saturated rings. The van der Waals surface area contributed by atoms with E-state index in [0.29, 0.717) is 11.8 Å². The van der Waals surface area contributed by atoms with Crippen molar-refractivity contribution in [3.8, 4) is 0 Å². The molecule has 0 aliphatic heterocycles. The number of fused-ring (bicyclic) bond motifs is 2. The van der Waals surface area contributed by atoms with Crippen molar-refractivity contribution in [2.75, 3.05) is 0 Å². The van der Waals surface area contributed by atoms with Crippen LogP contribution in [0.2, 0.25) is 0 Å². The molecule has 0 saturated heterocycles. The summed E-state index contributed by atoms with van der Waals surface area (Å²) in [5.41, 5.74) is 15.5. The first-order valence-corrected chi connectivity index (χ1v) is 12.6. The first-order valence-electron chi connectivity index (χ1n) is 12.6. The van der Waals surface area contributed by atoms with E-state index in [1.807, 2.05) is 0 Å². The maximum atomic E-state index is 4.70. The minimum Gasteiger partial charge on any atom is -0.0955 e. The Labute approximate surface area is 200 Å². The van der Waals surface area contributed by atoms with Gasteiger partial charge in [0.2, 0.25) is 0 Å². The highest BCUT2D eigenvalue weighted by atomic mass is 14.4. The summed E-state index contributed by atoms with van der Waals surface area (Å²) in [4.78, 5) is 0. The molecule has 0 radical (unpaired) electrons. The maximum absolute atomic E-state index is 4.70. The molecule has 2 aromatic carbocycles. The Morgan fingerprint density at radius 2 is 1.82 bits per heavy atom. The first-order chi connectivity index (χ1) is 16.0. The van der Waals surface area contributed by atoms with Crippen molar-refractivity contribution in [3.63, 3.8) is 0 Å². The number of rotatable bonds is 5. The number of hydrogen-bond acceptors (Lipinski definition) is 0. The summed E-state index contributed by atoms with van der Waals surface area (Å²) < 4.78 is 0. The number of benzene rings is 2. The Bertz CT molecular complexity index is 1230. The standard InChI is InChI=1S/C33H36/c1-6-10-22(3)31-23(4)17-29-20-28(19-25-15-16-26-12-9-13-27(26)18-25)24(5)32(29)33(31)30-14-8-7-11-21(30)2/h7-8,11,14-19,32-33H,3,5-6,9-10,12-13,20H2,1-2,4H3. The van der Waals surface area contributed by atoms with Crippen molar-refractivity contribution in [2.45, 2.75) is 65.2 Å². The van der Waals surface area contributed by atoms with Gasteiger partial charge in [0, 0.05) is 11.8 Å². The molecule has 0 N–H and O–H groups in total. The van der Waals surface area contributed by atoms with Gasteiger partial charge in [-0.25, -0.2) is 0 Å². The second-order valence-electron chi connectivity index (χ2n) is 10.2. The Hall–Kier alpha value is -2.86. The van der Waals surface area contributed by atoms with Crippen molar-refractivity contribution >= 4 is 6.08 Å². The lowest BCUT2D eigenvalue weighted by atomic mass is 9.68. The van der Waals surface area contributed by atoms with Crippen LogP contribution in [0.25, 0.3) is 6.08 Å². The molecule has 2 atom stereocenters. The molecule has 33 heavy (non-hydrogen) atoms. The second kappa shape index (κ2) is 8.82. The lowest BCUT2D eigenvalue weighted by molar-refractivity contribution is 0.616. The number of allylic oxidation sites excluding steroid dienone is 7. The monoisotopic (exact) mass is 432 g/mol. The fourth-order valence-electron chi connectivity index (χ4n) is 6.42. The highest BCUT2D eigenvalue weighted by Crippen LogP contribution is 2.55. The molecule has 0 heterocycles. The molecule has 3 aliphatic rings. The lowest BCUT2D eigenvalue weighted by Gasteiger charge is -2.35. The van der Waals surface area contributed by atoms with Crippen LogP contribution >= 0.6 is 0 Å². The van der Waals surface area contributed by atoms with E-state index in [1.165, 1.54) is 80.5 Å². The summed E-state index contributed by atoms with van der Waals surface area (Å²) >= 11 is 0. The van der Waals surface area contributed by atoms with Gasteiger partial charge in [0.1, 0.15) is 0 Å². The zero-order chi connectivity index (χ0) is 23.1. The quantitative estimate of drug-likeness (QED) is 0.442. The van der Waals surface area contributed by atoms with Crippen LogP contribution < -0.4 is 0 Å². The summed E-state index contributed by atoms with van der Waals surface area (Å²) in [6, 6.07) is 16.0. The van der Waals surface area contributed by atoms with E-state index in [-0.39, 0.29) is 0 Å². The minimum atomic E-state index is 0.309. The predicted octanol–water partition coefficient (Wildman–Crippen LogP) is 8.84. The smallest absolute Gasteiger partial charge is 0.0203 e. The first kappa shape index (κ1) is 22.0. The molecule has 0 bridgehead atoms. The van der Waals surface area contributed by atoms with E-state index in [2.05, 4.69) is 82.0 Å². The molecule has 2 aromatic rings. The predicted molar refractivity (Wildman–Crippen MR) is 142 cm³/mol. The lowest BCUT2D eigenvalue weighted by Crippen LogP contribution is -2.21. The molecular weight excluding hydrogens is 396 g/mol. The maximum Gasteiger partial charge on any atom is 0.0203 e. The van der Waals surface area contributed by atoms with E-state index in [4.69, 9.17) is 6.58 Å². The molecule has 0 heteroatoms. The third-order valence-corrected chi connectivity index (χ3v) is 7.97. The minimum absolute atomic E-state index is 0.309. The van der Waals surface area contributed by atoms with Crippen molar-refractivity contribution in [2.24, 2.45) is 5.92 Å². The van der Waals surface area contributed by atoms with Crippen LogP contribution in [0.4, 0.5) is 0 Å². The van der Waals surface area contributed by atoms with Crippen LogP contribution in [-0.2, 0) is 12.8 Å². The summed E-state index contributed by atoms with van der Waals surface area (Å²) in [5.74, 6) is 0.641. The van der Waals surface area contributed by atoms with Crippen LogP contribution in [0.3, 0.4) is 0 Å². The van der Waals surface area contributed by atoms with Crippen LogP contribution in [0.15, 0.2) is 95.1 Å². The fourth-order valence-corrected chi connectivity index (χ4v) is 6.42. The summed E-state index contributed by atoms with van der Waals surface area (Å²) in [7, 11) is 0. The van der Waals surface area contributed by atoms with E-state index < -0.39 is 0 Å². The third kappa shape index (κ3) is 3.90. The number of aryl methyl sites for hydroxylation is 3. The fraction of sp³-hybridized carbons (Fsp3) is 0.333. The average molecular weight is 433 g/mol. The Kier molecular flexibility index (Phi) is 5.87. The van der Waals surface area contributed by atoms with Gasteiger partial charge in [0.15, 0.2) is 0 Å². The molecule has 0 aromatic heterocycles.